The van der Waals surface area contributed by atoms with Crippen molar-refractivity contribution in [1.82, 2.24) is 20.6 Å². The number of aromatic nitrogens is 2. The number of amides is 1. The first-order chi connectivity index (χ1) is 10.7. The molecule has 2 aliphatic heterocycles. The van der Waals surface area contributed by atoms with Crippen molar-refractivity contribution in [2.75, 3.05) is 24.5 Å². The minimum Gasteiger partial charge on any atom is -0.350 e. The van der Waals surface area contributed by atoms with Crippen LogP contribution in [0, 0.1) is 0 Å². The van der Waals surface area contributed by atoms with E-state index in [1.54, 1.807) is 12.4 Å². The number of anilines is 1. The molecule has 136 valence electrons. The van der Waals surface area contributed by atoms with Crippen LogP contribution >= 0.6 is 24.8 Å². The zero-order chi connectivity index (χ0) is 15.4. The van der Waals surface area contributed by atoms with Gasteiger partial charge in [-0.05, 0) is 44.7 Å². The fourth-order valence-corrected chi connectivity index (χ4v) is 3.52. The molecule has 0 aromatic carbocycles. The maximum absolute atomic E-state index is 12.7. The van der Waals surface area contributed by atoms with E-state index in [9.17, 15) is 4.79 Å². The molecule has 3 rings (SSSR count). The van der Waals surface area contributed by atoms with E-state index in [0.717, 1.165) is 57.7 Å². The smallest absolute Gasteiger partial charge is 0.240 e. The van der Waals surface area contributed by atoms with Crippen LogP contribution in [0.25, 0.3) is 0 Å². The van der Waals surface area contributed by atoms with Crippen LogP contribution in [-0.2, 0) is 4.79 Å². The minimum atomic E-state index is -0.356. The van der Waals surface area contributed by atoms with Crippen molar-refractivity contribution in [1.29, 1.82) is 0 Å². The average molecular weight is 376 g/mol. The van der Waals surface area contributed by atoms with Gasteiger partial charge in [0.05, 0.1) is 5.54 Å². The second-order valence-electron chi connectivity index (χ2n) is 6.27. The summed E-state index contributed by atoms with van der Waals surface area (Å²) >= 11 is 0. The normalized spacial score (nSPS) is 26.2. The third-order valence-electron chi connectivity index (χ3n) is 4.87. The lowest BCUT2D eigenvalue weighted by Gasteiger charge is -2.35. The molecule has 1 aromatic heterocycles. The van der Waals surface area contributed by atoms with E-state index < -0.39 is 0 Å². The lowest BCUT2D eigenvalue weighted by atomic mass is 9.92. The summed E-state index contributed by atoms with van der Waals surface area (Å²) in [6.45, 7) is 4.77. The number of rotatable bonds is 4. The summed E-state index contributed by atoms with van der Waals surface area (Å²) in [5.41, 5.74) is -0.356. The summed E-state index contributed by atoms with van der Waals surface area (Å²) in [5.74, 6) is 0.916. The van der Waals surface area contributed by atoms with Crippen LogP contribution in [0.1, 0.15) is 39.0 Å². The van der Waals surface area contributed by atoms with Gasteiger partial charge in [0.15, 0.2) is 0 Å². The maximum Gasteiger partial charge on any atom is 0.240 e. The minimum absolute atomic E-state index is 0. The summed E-state index contributed by atoms with van der Waals surface area (Å²) in [6.07, 6.45) is 8.46. The zero-order valence-corrected chi connectivity index (χ0v) is 15.7. The molecule has 2 aliphatic rings. The summed E-state index contributed by atoms with van der Waals surface area (Å²) in [7, 11) is 0. The Labute approximate surface area is 156 Å². The largest absolute Gasteiger partial charge is 0.350 e. The van der Waals surface area contributed by atoms with Gasteiger partial charge in [-0.2, -0.15) is 0 Å². The van der Waals surface area contributed by atoms with Gasteiger partial charge in [0, 0.05) is 31.5 Å². The molecule has 2 saturated heterocycles. The van der Waals surface area contributed by atoms with Gasteiger partial charge in [-0.3, -0.25) is 4.79 Å². The van der Waals surface area contributed by atoms with Crippen molar-refractivity contribution in [2.24, 2.45) is 0 Å². The van der Waals surface area contributed by atoms with Gasteiger partial charge < -0.3 is 15.5 Å². The predicted octanol–water partition coefficient (Wildman–Crippen LogP) is 1.94. The van der Waals surface area contributed by atoms with Gasteiger partial charge in [-0.15, -0.1) is 24.8 Å². The van der Waals surface area contributed by atoms with Gasteiger partial charge >= 0.3 is 0 Å². The first kappa shape index (κ1) is 20.9. The zero-order valence-electron chi connectivity index (χ0n) is 14.0. The summed E-state index contributed by atoms with van der Waals surface area (Å²) in [6, 6.07) is 2.00. The molecule has 2 unspecified atom stereocenters. The number of nitrogens with one attached hydrogen (secondary N) is 2. The van der Waals surface area contributed by atoms with Crippen LogP contribution in [0.15, 0.2) is 18.5 Å². The highest BCUT2D eigenvalue weighted by Gasteiger charge is 2.40. The molecule has 24 heavy (non-hydrogen) atoms. The molecule has 0 radical (unpaired) electrons. The van der Waals surface area contributed by atoms with Crippen molar-refractivity contribution in [3.8, 4) is 0 Å². The second kappa shape index (κ2) is 9.39. The fourth-order valence-electron chi connectivity index (χ4n) is 3.52. The lowest BCUT2D eigenvalue weighted by molar-refractivity contribution is -0.128. The molecule has 6 nitrogen and oxygen atoms in total. The Balaban J connectivity index is 0.00000144. The van der Waals surface area contributed by atoms with Gasteiger partial charge in [-0.25, -0.2) is 9.97 Å². The lowest BCUT2D eigenvalue weighted by Crippen LogP contribution is -2.58. The standard InChI is InChI=1S/C16H25N5O.2ClH/c1-2-16(7-4-10-19-16)14(22)20-13-6-3-11-21(12-13)15-17-8-5-9-18-15;;/h5,8-9,13,19H,2-4,6-7,10-12H2,1H3,(H,20,22);2*1H. The number of halogens is 2. The molecule has 0 aliphatic carbocycles. The predicted molar refractivity (Wildman–Crippen MR) is 100 cm³/mol. The Morgan fingerprint density at radius 2 is 2.12 bits per heavy atom. The van der Waals surface area contributed by atoms with E-state index in [4.69, 9.17) is 0 Å². The first-order valence-corrected chi connectivity index (χ1v) is 8.31. The van der Waals surface area contributed by atoms with Crippen LogP contribution in [0.4, 0.5) is 5.95 Å². The van der Waals surface area contributed by atoms with Crippen LogP contribution in [0.2, 0.25) is 0 Å². The van der Waals surface area contributed by atoms with E-state index in [1.165, 1.54) is 0 Å². The molecule has 8 heteroatoms. The van der Waals surface area contributed by atoms with Gasteiger partial charge in [0.25, 0.3) is 0 Å². The number of carbonyl (C=O) groups excluding carboxylic acids is 1. The highest BCUT2D eigenvalue weighted by molar-refractivity contribution is 5.87. The third kappa shape index (κ3) is 4.49. The summed E-state index contributed by atoms with van der Waals surface area (Å²) in [4.78, 5) is 23.5. The molecule has 1 aromatic rings. The maximum atomic E-state index is 12.7. The van der Waals surface area contributed by atoms with Crippen molar-refractivity contribution in [3.63, 3.8) is 0 Å². The molecule has 3 heterocycles. The molecule has 0 spiro atoms. The second-order valence-corrected chi connectivity index (χ2v) is 6.27. The molecule has 2 atom stereocenters. The fraction of sp³-hybridized carbons (Fsp3) is 0.688. The Kier molecular flexibility index (Phi) is 8.19. The van der Waals surface area contributed by atoms with E-state index in [2.05, 4.69) is 32.4 Å². The number of carbonyl (C=O) groups is 1. The summed E-state index contributed by atoms with van der Waals surface area (Å²) < 4.78 is 0. The highest BCUT2D eigenvalue weighted by atomic mass is 35.5. The van der Waals surface area contributed by atoms with E-state index in [1.807, 2.05) is 6.07 Å². The van der Waals surface area contributed by atoms with Gasteiger partial charge in [0.2, 0.25) is 11.9 Å². The number of hydrogen-bond donors (Lipinski definition) is 2. The Bertz CT molecular complexity index is 510. The third-order valence-corrected chi connectivity index (χ3v) is 4.87. The molecular formula is C16H27Cl2N5O. The van der Waals surface area contributed by atoms with Crippen LogP contribution < -0.4 is 15.5 Å². The van der Waals surface area contributed by atoms with Crippen molar-refractivity contribution in [2.45, 2.75) is 50.6 Å². The van der Waals surface area contributed by atoms with Crippen molar-refractivity contribution >= 4 is 36.7 Å². The molecule has 1 amide bonds. The first-order valence-electron chi connectivity index (χ1n) is 8.31. The van der Waals surface area contributed by atoms with Crippen LogP contribution in [0.3, 0.4) is 0 Å². The topological polar surface area (TPSA) is 70.2 Å². The Hall–Kier alpha value is -1.11. The molecule has 2 fully saturated rings. The monoisotopic (exact) mass is 375 g/mol. The number of nitrogens with zero attached hydrogens (tertiary/aromatic N) is 3. The quantitative estimate of drug-likeness (QED) is 0.841. The van der Waals surface area contributed by atoms with Crippen molar-refractivity contribution in [3.05, 3.63) is 18.5 Å². The summed E-state index contributed by atoms with van der Waals surface area (Å²) in [5, 5.41) is 6.66. The number of piperidine rings is 1. The SMILES string of the molecule is CCC1(C(=O)NC2CCCN(c3ncccn3)C2)CCCN1.Cl.Cl. The Morgan fingerprint density at radius 1 is 1.38 bits per heavy atom. The van der Waals surface area contributed by atoms with Gasteiger partial charge in [-0.1, -0.05) is 6.92 Å². The van der Waals surface area contributed by atoms with E-state index in [0.29, 0.717) is 0 Å². The van der Waals surface area contributed by atoms with Crippen LogP contribution in [0.5, 0.6) is 0 Å². The molecule has 0 bridgehead atoms. The Morgan fingerprint density at radius 3 is 2.75 bits per heavy atom. The van der Waals surface area contributed by atoms with Gasteiger partial charge in [0.1, 0.15) is 0 Å². The average Bonchev–Trinajstić information content (AvgIpc) is 3.06. The highest BCUT2D eigenvalue weighted by Crippen LogP contribution is 2.24. The van der Waals surface area contributed by atoms with E-state index in [-0.39, 0.29) is 42.3 Å². The number of hydrogen-bond acceptors (Lipinski definition) is 5. The van der Waals surface area contributed by atoms with E-state index >= 15 is 0 Å². The molecule has 0 saturated carbocycles. The van der Waals surface area contributed by atoms with Crippen LogP contribution in [-0.4, -0.2) is 47.1 Å². The molecular weight excluding hydrogens is 349 g/mol. The van der Waals surface area contributed by atoms with Crippen molar-refractivity contribution < 1.29 is 4.79 Å². The molecule has 2 N–H and O–H groups in total.